The molecule has 6 heteroatoms. The number of rotatable bonds is 1. The van der Waals surface area contributed by atoms with E-state index in [1.165, 1.54) is 11.4 Å². The molecule has 2 heterocycles. The van der Waals surface area contributed by atoms with Gasteiger partial charge in [0.1, 0.15) is 12.0 Å². The van der Waals surface area contributed by atoms with E-state index >= 15 is 0 Å². The summed E-state index contributed by atoms with van der Waals surface area (Å²) in [6, 6.07) is 0. The first-order valence-corrected chi connectivity index (χ1v) is 3.69. The number of nitrogens with one attached hydrogen (secondary N) is 1. The first-order valence-electron chi connectivity index (χ1n) is 3.69. The summed E-state index contributed by atoms with van der Waals surface area (Å²) in [5.74, 6) is 0.384. The van der Waals surface area contributed by atoms with Gasteiger partial charge in [-0.2, -0.15) is 10.2 Å². The SMILES string of the molecule is Nc1ncncc1N1N=CC=CN1. The first kappa shape index (κ1) is 7.53. The summed E-state index contributed by atoms with van der Waals surface area (Å²) >= 11 is 0. The molecule has 0 aromatic carbocycles. The van der Waals surface area contributed by atoms with Crippen LogP contribution in [0.4, 0.5) is 11.5 Å². The lowest BCUT2D eigenvalue weighted by atomic mass is 10.5. The molecule has 2 rings (SSSR count). The van der Waals surface area contributed by atoms with Crippen LogP contribution < -0.4 is 16.3 Å². The molecule has 0 saturated heterocycles. The zero-order valence-corrected chi connectivity index (χ0v) is 6.75. The normalized spacial score (nSPS) is 14.3. The standard InChI is InChI=1S/C7H8N6/c8-7-6(4-9-5-10-7)13-11-2-1-3-12-13/h1-5,11H,(H2,8,9,10). The van der Waals surface area contributed by atoms with Crippen LogP contribution in [0.25, 0.3) is 0 Å². The van der Waals surface area contributed by atoms with Gasteiger partial charge >= 0.3 is 0 Å². The van der Waals surface area contributed by atoms with Crippen molar-refractivity contribution >= 4 is 17.7 Å². The first-order chi connectivity index (χ1) is 6.38. The van der Waals surface area contributed by atoms with Crippen LogP contribution in [-0.4, -0.2) is 16.2 Å². The number of nitrogens with zero attached hydrogens (tertiary/aromatic N) is 4. The fourth-order valence-corrected chi connectivity index (χ4v) is 0.922. The van der Waals surface area contributed by atoms with Gasteiger partial charge in [0.2, 0.25) is 0 Å². The van der Waals surface area contributed by atoms with Gasteiger partial charge in [0.05, 0.1) is 12.4 Å². The number of nitrogen functional groups attached to an aromatic ring is 1. The van der Waals surface area contributed by atoms with Crippen LogP contribution in [0.1, 0.15) is 0 Å². The molecule has 1 aromatic heterocycles. The van der Waals surface area contributed by atoms with Gasteiger partial charge in [0, 0.05) is 6.20 Å². The molecule has 0 atom stereocenters. The lowest BCUT2D eigenvalue weighted by Gasteiger charge is -2.20. The Hall–Kier alpha value is -2.11. The minimum Gasteiger partial charge on any atom is -0.382 e. The van der Waals surface area contributed by atoms with Crippen LogP contribution in [0.3, 0.4) is 0 Å². The Morgan fingerprint density at radius 2 is 2.38 bits per heavy atom. The summed E-state index contributed by atoms with van der Waals surface area (Å²) in [6.07, 6.45) is 8.13. The Labute approximate surface area is 74.8 Å². The molecule has 0 fully saturated rings. The van der Waals surface area contributed by atoms with Crippen molar-refractivity contribution in [3.05, 3.63) is 24.8 Å². The van der Waals surface area contributed by atoms with Crippen molar-refractivity contribution in [2.75, 3.05) is 10.9 Å². The zero-order chi connectivity index (χ0) is 9.10. The smallest absolute Gasteiger partial charge is 0.154 e. The molecule has 3 N–H and O–H groups in total. The molecular formula is C7H8N6. The van der Waals surface area contributed by atoms with Gasteiger partial charge in [-0.25, -0.2) is 9.97 Å². The lowest BCUT2D eigenvalue weighted by molar-refractivity contribution is 0.770. The topological polar surface area (TPSA) is 79.4 Å². The molecule has 1 aliphatic rings. The van der Waals surface area contributed by atoms with Gasteiger partial charge in [0.15, 0.2) is 5.82 Å². The van der Waals surface area contributed by atoms with E-state index < -0.39 is 0 Å². The van der Waals surface area contributed by atoms with E-state index in [1.807, 2.05) is 0 Å². The van der Waals surface area contributed by atoms with E-state index in [-0.39, 0.29) is 0 Å². The van der Waals surface area contributed by atoms with Crippen LogP contribution in [0.5, 0.6) is 0 Å². The van der Waals surface area contributed by atoms with Crippen LogP contribution in [0.15, 0.2) is 29.9 Å². The minimum absolute atomic E-state index is 0.384. The molecule has 1 aromatic rings. The number of allylic oxidation sites excluding steroid dienone is 1. The number of aromatic nitrogens is 2. The average Bonchev–Trinajstić information content (AvgIpc) is 2.20. The fraction of sp³-hybridized carbons (Fsp3) is 0. The van der Waals surface area contributed by atoms with Crippen molar-refractivity contribution in [3.8, 4) is 0 Å². The van der Waals surface area contributed by atoms with Gasteiger partial charge in [-0.05, 0) is 6.08 Å². The number of nitrogens with two attached hydrogens (primary N) is 1. The lowest BCUT2D eigenvalue weighted by Crippen LogP contribution is -2.31. The van der Waals surface area contributed by atoms with E-state index in [0.717, 1.165) is 0 Å². The highest BCUT2D eigenvalue weighted by atomic mass is 15.7. The second-order valence-corrected chi connectivity index (χ2v) is 2.36. The quantitative estimate of drug-likeness (QED) is 0.623. The van der Waals surface area contributed by atoms with E-state index in [9.17, 15) is 0 Å². The number of hydrazone groups is 1. The molecule has 1 aliphatic heterocycles. The van der Waals surface area contributed by atoms with Crippen molar-refractivity contribution < 1.29 is 0 Å². The molecule has 0 radical (unpaired) electrons. The van der Waals surface area contributed by atoms with E-state index in [4.69, 9.17) is 5.73 Å². The summed E-state index contributed by atoms with van der Waals surface area (Å²) in [6.45, 7) is 0. The third-order valence-electron chi connectivity index (χ3n) is 1.51. The number of hydrazine groups is 1. The Morgan fingerprint density at radius 3 is 3.08 bits per heavy atom. The third-order valence-corrected chi connectivity index (χ3v) is 1.51. The van der Waals surface area contributed by atoms with E-state index in [1.54, 1.807) is 24.7 Å². The Bertz CT molecular complexity index is 358. The zero-order valence-electron chi connectivity index (χ0n) is 6.75. The minimum atomic E-state index is 0.384. The van der Waals surface area contributed by atoms with Crippen LogP contribution in [0.2, 0.25) is 0 Å². The fourth-order valence-electron chi connectivity index (χ4n) is 0.922. The van der Waals surface area contributed by atoms with Gasteiger partial charge in [0.25, 0.3) is 0 Å². The summed E-state index contributed by atoms with van der Waals surface area (Å²) in [5.41, 5.74) is 9.12. The van der Waals surface area contributed by atoms with Crippen molar-refractivity contribution in [3.63, 3.8) is 0 Å². The molecule has 66 valence electrons. The summed E-state index contributed by atoms with van der Waals surface area (Å²) < 4.78 is 0. The van der Waals surface area contributed by atoms with Crippen molar-refractivity contribution in [2.45, 2.75) is 0 Å². The van der Waals surface area contributed by atoms with Crippen molar-refractivity contribution in [2.24, 2.45) is 5.10 Å². The number of hydrogen-bond acceptors (Lipinski definition) is 6. The van der Waals surface area contributed by atoms with Gasteiger partial charge in [-0.1, -0.05) is 0 Å². The van der Waals surface area contributed by atoms with Gasteiger partial charge in [-0.15, -0.1) is 0 Å². The third kappa shape index (κ3) is 1.41. The average molecular weight is 176 g/mol. The van der Waals surface area contributed by atoms with Crippen LogP contribution in [-0.2, 0) is 0 Å². The highest BCUT2D eigenvalue weighted by Crippen LogP contribution is 2.17. The second kappa shape index (κ2) is 3.10. The summed E-state index contributed by atoms with van der Waals surface area (Å²) in [4.78, 5) is 7.69. The van der Waals surface area contributed by atoms with E-state index in [2.05, 4.69) is 20.5 Å². The predicted octanol–water partition coefficient (Wildman–Crippen LogP) is -0.117. The Balaban J connectivity index is 2.30. The number of anilines is 2. The van der Waals surface area contributed by atoms with Crippen LogP contribution in [0, 0.1) is 0 Å². The molecule has 6 nitrogen and oxygen atoms in total. The molecule has 0 bridgehead atoms. The van der Waals surface area contributed by atoms with Crippen molar-refractivity contribution in [1.82, 2.24) is 15.4 Å². The van der Waals surface area contributed by atoms with Gasteiger partial charge in [-0.3, -0.25) is 5.43 Å². The molecule has 0 unspecified atom stereocenters. The monoisotopic (exact) mass is 176 g/mol. The van der Waals surface area contributed by atoms with Crippen molar-refractivity contribution in [1.29, 1.82) is 0 Å². The maximum Gasteiger partial charge on any atom is 0.154 e. The highest BCUT2D eigenvalue weighted by molar-refractivity contribution is 5.74. The Kier molecular flexibility index (Phi) is 1.79. The molecule has 13 heavy (non-hydrogen) atoms. The number of hydrogen-bond donors (Lipinski definition) is 2. The second-order valence-electron chi connectivity index (χ2n) is 2.36. The highest BCUT2D eigenvalue weighted by Gasteiger charge is 2.08. The predicted molar refractivity (Wildman–Crippen MR) is 49.7 cm³/mol. The Morgan fingerprint density at radius 1 is 1.46 bits per heavy atom. The molecule has 0 amide bonds. The molecule has 0 spiro atoms. The van der Waals surface area contributed by atoms with Crippen LogP contribution >= 0.6 is 0 Å². The summed E-state index contributed by atoms with van der Waals surface area (Å²) in [5, 5.41) is 5.51. The maximum absolute atomic E-state index is 5.62. The summed E-state index contributed by atoms with van der Waals surface area (Å²) in [7, 11) is 0. The van der Waals surface area contributed by atoms with E-state index in [0.29, 0.717) is 11.5 Å². The van der Waals surface area contributed by atoms with Gasteiger partial charge < -0.3 is 5.73 Å². The largest absolute Gasteiger partial charge is 0.382 e. The molecule has 0 aliphatic carbocycles. The maximum atomic E-state index is 5.62. The molecular weight excluding hydrogens is 168 g/mol. The molecule has 0 saturated carbocycles.